The maximum atomic E-state index is 9.42. The number of thiophene rings is 1. The molecule has 0 bridgehead atoms. The van der Waals surface area contributed by atoms with Crippen molar-refractivity contribution in [3.8, 4) is 5.75 Å². The molecule has 1 atom stereocenters. The summed E-state index contributed by atoms with van der Waals surface area (Å²) in [6.45, 7) is 2.85. The van der Waals surface area contributed by atoms with Crippen LogP contribution < -0.4 is 5.32 Å². The molecule has 0 aliphatic carbocycles. The number of halogens is 2. The first-order valence-electron chi connectivity index (χ1n) is 5.52. The third-order valence-corrected chi connectivity index (χ3v) is 4.69. The van der Waals surface area contributed by atoms with Crippen molar-refractivity contribution >= 4 is 38.9 Å². The van der Waals surface area contributed by atoms with Gasteiger partial charge in [0.05, 0.1) is 8.81 Å². The summed E-state index contributed by atoms with van der Waals surface area (Å²) in [7, 11) is 0. The Balaban J connectivity index is 1.97. The summed E-state index contributed by atoms with van der Waals surface area (Å²) in [4.78, 5) is 1.22. The van der Waals surface area contributed by atoms with E-state index < -0.39 is 0 Å². The lowest BCUT2D eigenvalue weighted by Crippen LogP contribution is -2.17. The van der Waals surface area contributed by atoms with Gasteiger partial charge in [-0.2, -0.15) is 0 Å². The number of hydrogen-bond donors (Lipinski definition) is 2. The zero-order chi connectivity index (χ0) is 13.1. The van der Waals surface area contributed by atoms with Crippen LogP contribution in [-0.4, -0.2) is 5.11 Å². The average molecular weight is 347 g/mol. The van der Waals surface area contributed by atoms with E-state index in [0.29, 0.717) is 4.47 Å². The molecule has 0 aliphatic heterocycles. The van der Waals surface area contributed by atoms with Gasteiger partial charge in [0.15, 0.2) is 0 Å². The van der Waals surface area contributed by atoms with Crippen LogP contribution in [-0.2, 0) is 6.54 Å². The average Bonchev–Trinajstić information content (AvgIpc) is 2.77. The lowest BCUT2D eigenvalue weighted by Gasteiger charge is -2.12. The highest BCUT2D eigenvalue weighted by molar-refractivity contribution is 9.10. The number of phenolic OH excluding ortho intramolecular Hbond substituents is 1. The summed E-state index contributed by atoms with van der Waals surface area (Å²) in [6.07, 6.45) is 0. The first kappa shape index (κ1) is 13.9. The van der Waals surface area contributed by atoms with E-state index in [0.717, 1.165) is 16.4 Å². The van der Waals surface area contributed by atoms with Gasteiger partial charge in [-0.25, -0.2) is 0 Å². The van der Waals surface area contributed by atoms with Gasteiger partial charge in [0.1, 0.15) is 5.75 Å². The second kappa shape index (κ2) is 6.06. The highest BCUT2D eigenvalue weighted by Gasteiger charge is 2.08. The standard InChI is InChI=1S/C13H13BrClNOS/c1-8(12-4-5-13(15)18-12)16-7-9-2-3-11(17)10(14)6-9/h2-6,8,16-17H,7H2,1H3. The van der Waals surface area contributed by atoms with Crippen molar-refractivity contribution in [1.29, 1.82) is 0 Å². The van der Waals surface area contributed by atoms with E-state index in [4.69, 9.17) is 11.6 Å². The van der Waals surface area contributed by atoms with Crippen molar-refractivity contribution in [1.82, 2.24) is 5.32 Å². The number of nitrogens with one attached hydrogen (secondary N) is 1. The Morgan fingerprint density at radius 3 is 2.78 bits per heavy atom. The van der Waals surface area contributed by atoms with Gasteiger partial charge >= 0.3 is 0 Å². The van der Waals surface area contributed by atoms with Crippen LogP contribution in [0.3, 0.4) is 0 Å². The van der Waals surface area contributed by atoms with Gasteiger partial charge in [-0.3, -0.25) is 0 Å². The highest BCUT2D eigenvalue weighted by Crippen LogP contribution is 2.27. The first-order valence-corrected chi connectivity index (χ1v) is 7.51. The van der Waals surface area contributed by atoms with Crippen LogP contribution in [0, 0.1) is 0 Å². The lowest BCUT2D eigenvalue weighted by molar-refractivity contribution is 0.471. The largest absolute Gasteiger partial charge is 0.507 e. The molecular formula is C13H13BrClNOS. The molecule has 2 rings (SSSR count). The van der Waals surface area contributed by atoms with Gasteiger partial charge in [0.25, 0.3) is 0 Å². The molecule has 0 radical (unpaired) electrons. The van der Waals surface area contributed by atoms with Gasteiger partial charge < -0.3 is 10.4 Å². The summed E-state index contributed by atoms with van der Waals surface area (Å²) < 4.78 is 1.53. The van der Waals surface area contributed by atoms with Crippen molar-refractivity contribution < 1.29 is 5.11 Å². The summed E-state index contributed by atoms with van der Waals surface area (Å²) in [5.74, 6) is 0.261. The van der Waals surface area contributed by atoms with E-state index in [1.165, 1.54) is 4.88 Å². The number of benzene rings is 1. The third kappa shape index (κ3) is 3.48. The van der Waals surface area contributed by atoms with E-state index in [-0.39, 0.29) is 11.8 Å². The summed E-state index contributed by atoms with van der Waals surface area (Å²) in [6, 6.07) is 9.72. The molecule has 2 aromatic rings. The number of phenols is 1. The normalized spacial score (nSPS) is 12.6. The maximum Gasteiger partial charge on any atom is 0.129 e. The molecule has 0 amide bonds. The molecule has 0 saturated heterocycles. The molecule has 0 spiro atoms. The molecule has 0 aliphatic rings. The molecule has 5 heteroatoms. The minimum Gasteiger partial charge on any atom is -0.507 e. The SMILES string of the molecule is CC(NCc1ccc(O)c(Br)c1)c1ccc(Cl)s1. The van der Waals surface area contributed by atoms with Crippen molar-refractivity contribution in [3.05, 3.63) is 49.6 Å². The molecule has 96 valence electrons. The Hall–Kier alpha value is -0.550. The lowest BCUT2D eigenvalue weighted by atomic mass is 10.2. The van der Waals surface area contributed by atoms with E-state index in [1.54, 1.807) is 17.4 Å². The Bertz CT molecular complexity index is 544. The molecule has 2 nitrogen and oxygen atoms in total. The Labute approximate surface area is 124 Å². The second-order valence-corrected chi connectivity index (χ2v) is 6.63. The van der Waals surface area contributed by atoms with Crippen LogP contribution in [0.4, 0.5) is 0 Å². The van der Waals surface area contributed by atoms with E-state index in [1.807, 2.05) is 24.3 Å². The molecule has 18 heavy (non-hydrogen) atoms. The minimum absolute atomic E-state index is 0.259. The van der Waals surface area contributed by atoms with Crippen LogP contribution in [0.2, 0.25) is 4.34 Å². The summed E-state index contributed by atoms with van der Waals surface area (Å²) in [5, 5.41) is 12.8. The van der Waals surface area contributed by atoms with Crippen molar-refractivity contribution in [3.63, 3.8) is 0 Å². The van der Waals surface area contributed by atoms with Crippen LogP contribution in [0.1, 0.15) is 23.4 Å². The minimum atomic E-state index is 0.259. The van der Waals surface area contributed by atoms with E-state index >= 15 is 0 Å². The molecule has 1 aromatic heterocycles. The number of rotatable bonds is 4. The van der Waals surface area contributed by atoms with Crippen molar-refractivity contribution in [2.24, 2.45) is 0 Å². The van der Waals surface area contributed by atoms with Crippen LogP contribution in [0.15, 0.2) is 34.8 Å². The molecule has 0 saturated carbocycles. The quantitative estimate of drug-likeness (QED) is 0.839. The maximum absolute atomic E-state index is 9.42. The van der Waals surface area contributed by atoms with Gasteiger partial charge in [-0.1, -0.05) is 17.7 Å². The first-order chi connectivity index (χ1) is 8.56. The fraction of sp³-hybridized carbons (Fsp3) is 0.231. The zero-order valence-electron chi connectivity index (χ0n) is 9.78. The zero-order valence-corrected chi connectivity index (χ0v) is 12.9. The van der Waals surface area contributed by atoms with Crippen LogP contribution >= 0.6 is 38.9 Å². The van der Waals surface area contributed by atoms with Crippen molar-refractivity contribution in [2.75, 3.05) is 0 Å². The second-order valence-electron chi connectivity index (χ2n) is 4.03. The fourth-order valence-electron chi connectivity index (χ4n) is 1.59. The van der Waals surface area contributed by atoms with Gasteiger partial charge in [0.2, 0.25) is 0 Å². The van der Waals surface area contributed by atoms with E-state index in [9.17, 15) is 5.11 Å². The fourth-order valence-corrected chi connectivity index (χ4v) is 3.11. The Morgan fingerprint density at radius 1 is 1.39 bits per heavy atom. The van der Waals surface area contributed by atoms with E-state index in [2.05, 4.69) is 28.2 Å². The molecular weight excluding hydrogens is 334 g/mol. The number of aromatic hydroxyl groups is 1. The number of hydrogen-bond acceptors (Lipinski definition) is 3. The molecule has 1 unspecified atom stereocenters. The monoisotopic (exact) mass is 345 g/mol. The van der Waals surface area contributed by atoms with Crippen LogP contribution in [0.25, 0.3) is 0 Å². The van der Waals surface area contributed by atoms with Gasteiger partial charge in [-0.05, 0) is 52.7 Å². The summed E-state index contributed by atoms with van der Waals surface area (Å²) >= 11 is 10.8. The predicted molar refractivity (Wildman–Crippen MR) is 80.4 cm³/mol. The third-order valence-electron chi connectivity index (χ3n) is 2.65. The van der Waals surface area contributed by atoms with Gasteiger partial charge in [-0.15, -0.1) is 11.3 Å². The molecule has 0 fully saturated rings. The highest BCUT2D eigenvalue weighted by atomic mass is 79.9. The van der Waals surface area contributed by atoms with Gasteiger partial charge in [0, 0.05) is 17.5 Å². The van der Waals surface area contributed by atoms with Crippen LogP contribution in [0.5, 0.6) is 5.75 Å². The van der Waals surface area contributed by atoms with Crippen molar-refractivity contribution in [2.45, 2.75) is 19.5 Å². The Kier molecular flexibility index (Phi) is 4.67. The topological polar surface area (TPSA) is 32.3 Å². The molecule has 1 aromatic carbocycles. The molecule has 2 N–H and O–H groups in total. The smallest absolute Gasteiger partial charge is 0.129 e. The summed E-state index contributed by atoms with van der Waals surface area (Å²) in [5.41, 5.74) is 1.12. The molecule has 1 heterocycles. The predicted octanol–water partition coefficient (Wildman–Crippen LogP) is 4.72. The Morgan fingerprint density at radius 2 is 2.17 bits per heavy atom.